The minimum absolute atomic E-state index is 0.0204. The standard InChI is InChI=1S/C32H46N7O20P3S/c1-32(2,27(44)30(45)35-8-7-21(40)34-9-10-63-22(41)6-5-17-11-18(53-3)24(42)19(12-17)54-4)14-56-62(51,52)59-61(49,50)55-13-20-26(58-60(46,47)48)25(43)31(57-20)39-16-38-23-28(33)36-15-37-29(23)39/h5-6,11-12,15-16,20,25-27,31,42-44H,7-10,13-14H2,1-4H3,(H,34,40)(H,35,45)(H,49,50)(H,51,52)(H2,33,36,37)(H2,46,47,48)/t20-,25-,26-,27+,31-/m1/s1. The molecule has 3 aromatic rings. The molecule has 2 unspecified atom stereocenters. The van der Waals surface area contributed by atoms with Crippen molar-refractivity contribution in [2.45, 2.75) is 50.9 Å². The molecule has 4 rings (SSSR count). The van der Waals surface area contributed by atoms with Crippen LogP contribution in [0.4, 0.5) is 5.82 Å². The summed E-state index contributed by atoms with van der Waals surface area (Å²) in [6.07, 6.45) is -4.30. The number of aliphatic hydroxyl groups excluding tert-OH is 2. The molecule has 2 aromatic heterocycles. The van der Waals surface area contributed by atoms with Crippen LogP contribution in [0.2, 0.25) is 0 Å². The minimum Gasteiger partial charge on any atom is -0.502 e. The molecule has 11 N–H and O–H groups in total. The van der Waals surface area contributed by atoms with Crippen molar-refractivity contribution >= 4 is 75.2 Å². The Bertz CT molecular complexity index is 2270. The van der Waals surface area contributed by atoms with Gasteiger partial charge < -0.3 is 65.5 Å². The topological polar surface area (TPSA) is 402 Å². The number of nitrogen functional groups attached to an aromatic ring is 1. The van der Waals surface area contributed by atoms with Crippen LogP contribution in [0.15, 0.2) is 30.9 Å². The fourth-order valence-electron chi connectivity index (χ4n) is 5.50. The maximum Gasteiger partial charge on any atom is 0.481 e. The van der Waals surface area contributed by atoms with Crippen LogP contribution in [-0.2, 0) is 50.7 Å². The molecular weight excluding hydrogens is 927 g/mol. The van der Waals surface area contributed by atoms with E-state index in [1.54, 1.807) is 0 Å². The predicted molar refractivity (Wildman–Crippen MR) is 217 cm³/mol. The fourth-order valence-corrected chi connectivity index (χ4v) is 8.90. The summed E-state index contributed by atoms with van der Waals surface area (Å²) < 4.78 is 72.4. The Hall–Kier alpha value is -4.08. The van der Waals surface area contributed by atoms with Crippen LogP contribution >= 0.6 is 35.2 Å². The Morgan fingerprint density at radius 3 is 2.30 bits per heavy atom. The summed E-state index contributed by atoms with van der Waals surface area (Å²) in [5.41, 5.74) is 4.74. The van der Waals surface area contributed by atoms with Gasteiger partial charge in [0.1, 0.15) is 36.3 Å². The third-order valence-corrected chi connectivity index (χ3v) is 12.6. The van der Waals surface area contributed by atoms with Crippen molar-refractivity contribution in [3.8, 4) is 17.2 Å². The molecule has 0 aliphatic carbocycles. The lowest BCUT2D eigenvalue weighted by atomic mass is 9.87. The molecule has 1 saturated heterocycles. The second-order valence-electron chi connectivity index (χ2n) is 13.8. The van der Waals surface area contributed by atoms with Gasteiger partial charge in [0, 0.05) is 30.7 Å². The molecule has 350 valence electrons. The first kappa shape index (κ1) is 51.6. The first-order chi connectivity index (χ1) is 29.4. The molecule has 63 heavy (non-hydrogen) atoms. The highest BCUT2D eigenvalue weighted by molar-refractivity contribution is 8.14. The van der Waals surface area contributed by atoms with Gasteiger partial charge in [-0.2, -0.15) is 4.31 Å². The van der Waals surface area contributed by atoms with Crippen LogP contribution in [0, 0.1) is 5.41 Å². The molecule has 2 amide bonds. The van der Waals surface area contributed by atoms with E-state index in [0.717, 1.165) is 29.0 Å². The summed E-state index contributed by atoms with van der Waals surface area (Å²) >= 11 is 0.914. The first-order valence-corrected chi connectivity index (χ1v) is 23.6. The molecule has 27 nitrogen and oxygen atoms in total. The number of nitrogens with one attached hydrogen (secondary N) is 2. The number of phenolic OH excluding ortho intramolecular Hbond substituents is 1. The van der Waals surface area contributed by atoms with Crippen LogP contribution in [0.5, 0.6) is 17.2 Å². The van der Waals surface area contributed by atoms with Crippen molar-refractivity contribution in [1.29, 1.82) is 0 Å². The number of nitrogens with zero attached hydrogens (tertiary/aromatic N) is 4. The molecule has 7 atom stereocenters. The summed E-state index contributed by atoms with van der Waals surface area (Å²) in [5.74, 6) is -1.24. The third kappa shape index (κ3) is 14.7. The van der Waals surface area contributed by atoms with Crippen molar-refractivity contribution < 1.29 is 95.1 Å². The maximum absolute atomic E-state index is 12.7. The van der Waals surface area contributed by atoms with Gasteiger partial charge in [-0.25, -0.2) is 28.6 Å². The third-order valence-electron chi connectivity index (χ3n) is 8.66. The average molecular weight is 974 g/mol. The van der Waals surface area contributed by atoms with E-state index in [1.807, 2.05) is 0 Å². The van der Waals surface area contributed by atoms with Crippen LogP contribution < -0.4 is 25.8 Å². The molecule has 0 bridgehead atoms. The van der Waals surface area contributed by atoms with E-state index in [0.29, 0.717) is 5.56 Å². The number of phosphoric ester groups is 3. The number of nitrogens with two attached hydrogens (primary N) is 1. The van der Waals surface area contributed by atoms with E-state index in [2.05, 4.69) is 34.4 Å². The van der Waals surface area contributed by atoms with E-state index in [-0.39, 0.29) is 64.6 Å². The van der Waals surface area contributed by atoms with Gasteiger partial charge in [0.05, 0.1) is 33.8 Å². The van der Waals surface area contributed by atoms with Crippen LogP contribution in [0.3, 0.4) is 0 Å². The SMILES string of the molecule is COc1cc(C=CC(=O)SCCNC(=O)CCNC(=O)[C@H](O)C(C)(C)COP(=O)(O)OP(=O)(O)OC[C@H]2O[C@@H](n3cnc4c(N)ncnc43)[C@H](O)[C@@H]2OP(=O)(O)O)cc(OC)c1O. The molecule has 3 heterocycles. The quantitative estimate of drug-likeness (QED) is 0.0342. The van der Waals surface area contributed by atoms with Crippen molar-refractivity contribution in [3.05, 3.63) is 36.4 Å². The van der Waals surface area contributed by atoms with E-state index in [4.69, 9.17) is 29.0 Å². The summed E-state index contributed by atoms with van der Waals surface area (Å²) in [6.45, 7) is 0.253. The number of hydrogen-bond acceptors (Lipinski definition) is 21. The Kier molecular flexibility index (Phi) is 17.8. The molecule has 0 spiro atoms. The highest BCUT2D eigenvalue weighted by Gasteiger charge is 2.50. The first-order valence-electron chi connectivity index (χ1n) is 18.1. The van der Waals surface area contributed by atoms with Crippen molar-refractivity contribution in [3.63, 3.8) is 0 Å². The number of aromatic nitrogens is 4. The fraction of sp³-hybridized carbons (Fsp3) is 0.500. The van der Waals surface area contributed by atoms with Gasteiger partial charge in [0.15, 0.2) is 29.2 Å². The van der Waals surface area contributed by atoms with Crippen LogP contribution in [0.1, 0.15) is 32.1 Å². The molecule has 1 aromatic carbocycles. The van der Waals surface area contributed by atoms with Crippen molar-refractivity contribution in [1.82, 2.24) is 30.2 Å². The number of aromatic hydroxyl groups is 1. The predicted octanol–water partition coefficient (Wildman–Crippen LogP) is 0.101. The molecule has 31 heteroatoms. The lowest BCUT2D eigenvalue weighted by Gasteiger charge is -2.30. The number of carbonyl (C=O) groups is 3. The zero-order valence-electron chi connectivity index (χ0n) is 33.6. The number of thioether (sulfide) groups is 1. The zero-order valence-corrected chi connectivity index (χ0v) is 37.1. The van der Waals surface area contributed by atoms with Gasteiger partial charge >= 0.3 is 23.5 Å². The normalized spacial score (nSPS) is 20.5. The number of fused-ring (bicyclic) bond motifs is 1. The zero-order chi connectivity index (χ0) is 46.9. The number of rotatable bonds is 23. The molecule has 1 aliphatic heterocycles. The molecule has 1 fully saturated rings. The van der Waals surface area contributed by atoms with Crippen molar-refractivity contribution in [2.24, 2.45) is 5.41 Å². The number of phenols is 1. The highest BCUT2D eigenvalue weighted by atomic mass is 32.2. The van der Waals surface area contributed by atoms with E-state index < -0.39 is 84.6 Å². The molecule has 0 saturated carbocycles. The Morgan fingerprint density at radius 1 is 1.02 bits per heavy atom. The van der Waals surface area contributed by atoms with E-state index in [9.17, 15) is 63.0 Å². The number of amides is 2. The van der Waals surface area contributed by atoms with Gasteiger partial charge in [-0.05, 0) is 23.8 Å². The second-order valence-corrected chi connectivity index (χ2v) is 19.2. The minimum atomic E-state index is -5.60. The lowest BCUT2D eigenvalue weighted by Crippen LogP contribution is -2.46. The number of aliphatic hydroxyl groups is 2. The Labute approximate surface area is 361 Å². The summed E-state index contributed by atoms with van der Waals surface area (Å²) in [6, 6.07) is 3.01. The summed E-state index contributed by atoms with van der Waals surface area (Å²) in [7, 11) is -13.7. The number of carbonyl (C=O) groups excluding carboxylic acids is 3. The number of benzene rings is 1. The monoisotopic (exact) mass is 973 g/mol. The number of anilines is 1. The van der Waals surface area contributed by atoms with Gasteiger partial charge in [0.25, 0.3) is 0 Å². The van der Waals surface area contributed by atoms with Gasteiger partial charge in [0.2, 0.25) is 22.7 Å². The number of ether oxygens (including phenoxy) is 3. The number of methoxy groups -OCH3 is 2. The van der Waals surface area contributed by atoms with Crippen LogP contribution in [0.25, 0.3) is 17.2 Å². The molecule has 1 aliphatic rings. The molecular formula is C32H46N7O20P3S. The van der Waals surface area contributed by atoms with E-state index in [1.165, 1.54) is 52.4 Å². The largest absolute Gasteiger partial charge is 0.502 e. The Morgan fingerprint density at radius 2 is 1.67 bits per heavy atom. The smallest absolute Gasteiger partial charge is 0.481 e. The molecule has 0 radical (unpaired) electrons. The van der Waals surface area contributed by atoms with Gasteiger partial charge in [-0.1, -0.05) is 31.7 Å². The summed E-state index contributed by atoms with van der Waals surface area (Å²) in [4.78, 5) is 88.2. The number of imidazole rings is 1. The Balaban J connectivity index is 1.20. The number of phosphoric acid groups is 3. The second kappa shape index (κ2) is 21.7. The van der Waals surface area contributed by atoms with E-state index >= 15 is 0 Å². The van der Waals surface area contributed by atoms with Crippen LogP contribution in [-0.4, -0.2) is 142 Å². The maximum atomic E-state index is 12.7. The van der Waals surface area contributed by atoms with Gasteiger partial charge in [-0.15, -0.1) is 0 Å². The lowest BCUT2D eigenvalue weighted by molar-refractivity contribution is -0.137. The number of hydrogen-bond donors (Lipinski definition) is 10. The highest BCUT2D eigenvalue weighted by Crippen LogP contribution is 2.61. The van der Waals surface area contributed by atoms with Crippen molar-refractivity contribution in [2.75, 3.05) is 52.0 Å². The van der Waals surface area contributed by atoms with Gasteiger partial charge in [-0.3, -0.25) is 32.5 Å². The average Bonchev–Trinajstić information content (AvgIpc) is 3.77. The summed E-state index contributed by atoms with van der Waals surface area (Å²) in [5, 5.41) is 36.1.